The van der Waals surface area contributed by atoms with Crippen molar-refractivity contribution in [2.45, 2.75) is 20.2 Å². The van der Waals surface area contributed by atoms with Crippen LogP contribution in [0.4, 0.5) is 13.2 Å². The summed E-state index contributed by atoms with van der Waals surface area (Å²) in [6.45, 7) is 0. The molecule has 0 unspecified atom stereocenters. The van der Waals surface area contributed by atoms with Gasteiger partial charge in [-0.2, -0.15) is 13.2 Å². The fraction of sp³-hybridized carbons (Fsp3) is 0.100. The zero-order chi connectivity index (χ0) is 19.8. The van der Waals surface area contributed by atoms with Crippen LogP contribution in [0.15, 0.2) is 106 Å². The third-order valence-electron chi connectivity index (χ3n) is 5.03. The molecule has 2 nitrogen and oxygen atoms in total. The highest BCUT2D eigenvalue weighted by Crippen LogP contribution is 2.88. The number of rotatable bonds is 4. The molecule has 0 saturated carbocycles. The zero-order valence-electron chi connectivity index (χ0n) is 14.5. The van der Waals surface area contributed by atoms with Crippen molar-refractivity contribution in [3.05, 3.63) is 91.0 Å². The molecule has 0 radical (unpaired) electrons. The van der Waals surface area contributed by atoms with E-state index in [0.717, 1.165) is 0 Å². The van der Waals surface area contributed by atoms with Crippen molar-refractivity contribution in [2.24, 2.45) is 0 Å². The summed E-state index contributed by atoms with van der Waals surface area (Å²) in [5.41, 5.74) is -5.42. The molecule has 3 rings (SSSR count). The van der Waals surface area contributed by atoms with E-state index in [-0.39, 0.29) is 14.7 Å². The van der Waals surface area contributed by atoms with Gasteiger partial charge in [0.15, 0.2) is 0 Å². The lowest BCUT2D eigenvalue weighted by atomic mass is 10.4. The van der Waals surface area contributed by atoms with Crippen molar-refractivity contribution in [1.29, 1.82) is 0 Å². The first-order valence-electron chi connectivity index (χ1n) is 8.14. The number of benzene rings is 3. The molecule has 7 heteroatoms. The van der Waals surface area contributed by atoms with Gasteiger partial charge in [-0.3, -0.25) is 0 Å². The van der Waals surface area contributed by atoms with Crippen LogP contribution in [0.3, 0.4) is 0 Å². The molecule has 0 N–H and O–H groups in total. The van der Waals surface area contributed by atoms with Crippen LogP contribution in [0.25, 0.3) is 0 Å². The van der Waals surface area contributed by atoms with Gasteiger partial charge in [0.25, 0.3) is 8.87 Å². The summed E-state index contributed by atoms with van der Waals surface area (Å²) in [6.07, 6.45) is 1.27. The van der Waals surface area contributed by atoms with E-state index in [0.29, 0.717) is 0 Å². The van der Waals surface area contributed by atoms with Crippen LogP contribution in [0, 0.1) is 0 Å². The maximum Gasteiger partial charge on any atom is 0.505 e. The van der Waals surface area contributed by atoms with Gasteiger partial charge in [-0.25, -0.2) is 8.42 Å². The van der Waals surface area contributed by atoms with Gasteiger partial charge in [-0.05, 0) is 20.9 Å². The van der Waals surface area contributed by atoms with Crippen LogP contribution in [0.5, 0.6) is 0 Å². The molecule has 0 atom stereocenters. The standard InChI is InChI=1S/C20H19F3O2S2/c1-27(17-11-5-2-6-12-17,18-13-7-3-8-14-18,19-15-9-4-10-16-19)26(24,25)20(21,22)23/h2-16,27H,1H3. The lowest BCUT2D eigenvalue weighted by Gasteiger charge is -2.58. The van der Waals surface area contributed by atoms with Gasteiger partial charge in [-0.1, -0.05) is 91.0 Å². The van der Waals surface area contributed by atoms with Crippen molar-refractivity contribution in [2.75, 3.05) is 6.26 Å². The molecule has 0 bridgehead atoms. The largest absolute Gasteiger partial charge is 0.505 e. The molecule has 0 aliphatic carbocycles. The second-order valence-corrected chi connectivity index (χ2v) is 16.5. The van der Waals surface area contributed by atoms with E-state index in [4.69, 9.17) is 0 Å². The Kier molecular flexibility index (Phi) is 4.64. The average molecular weight is 412 g/mol. The van der Waals surface area contributed by atoms with Crippen molar-refractivity contribution in [3.8, 4) is 0 Å². The Balaban J connectivity index is 2.65. The third kappa shape index (κ3) is 2.52. The Morgan fingerprint density at radius 1 is 0.630 bits per heavy atom. The van der Waals surface area contributed by atoms with Crippen LogP contribution in [0.1, 0.15) is 0 Å². The third-order valence-corrected chi connectivity index (χ3v) is 17.6. The van der Waals surface area contributed by atoms with Gasteiger partial charge in [0.2, 0.25) is 0 Å². The number of alkyl halides is 3. The summed E-state index contributed by atoms with van der Waals surface area (Å²) in [7, 11) is -10.6. The second kappa shape index (κ2) is 6.42. The summed E-state index contributed by atoms with van der Waals surface area (Å²) in [5, 5.41) is 0. The molecule has 0 saturated heterocycles. The van der Waals surface area contributed by atoms with Crippen molar-refractivity contribution in [1.82, 2.24) is 0 Å². The average Bonchev–Trinajstić information content (AvgIpc) is 2.68. The molecule has 3 aromatic carbocycles. The Morgan fingerprint density at radius 2 is 0.889 bits per heavy atom. The molecule has 0 spiro atoms. The van der Waals surface area contributed by atoms with Gasteiger partial charge < -0.3 is 0 Å². The van der Waals surface area contributed by atoms with E-state index in [9.17, 15) is 21.6 Å². The Labute approximate surface area is 156 Å². The van der Waals surface area contributed by atoms with E-state index in [1.165, 1.54) is 42.7 Å². The quantitative estimate of drug-likeness (QED) is 0.440. The number of hydrogen-bond acceptors (Lipinski definition) is 2. The minimum Gasteiger partial charge on any atom is -0.210 e. The Morgan fingerprint density at radius 3 is 1.11 bits per heavy atom. The molecule has 0 fully saturated rings. The monoisotopic (exact) mass is 412 g/mol. The maximum atomic E-state index is 14.1. The van der Waals surface area contributed by atoms with E-state index >= 15 is 0 Å². The van der Waals surface area contributed by atoms with Gasteiger partial charge in [0.05, 0.1) is 0 Å². The zero-order valence-corrected chi connectivity index (χ0v) is 16.2. The summed E-state index contributed by atoms with van der Waals surface area (Å²) in [6, 6.07) is 23.2. The second-order valence-electron chi connectivity index (χ2n) is 6.39. The Hall–Kier alpha value is -2.25. The van der Waals surface area contributed by atoms with Gasteiger partial charge in [-0.15, -0.1) is 8.19 Å². The van der Waals surface area contributed by atoms with Gasteiger partial charge in [0.1, 0.15) is 0 Å². The number of hydrogen-bond donors (Lipinski definition) is 1. The van der Waals surface area contributed by atoms with E-state index in [1.807, 2.05) is 0 Å². The summed E-state index contributed by atoms with van der Waals surface area (Å²) < 4.78 is 68.9. The van der Waals surface area contributed by atoms with Crippen LogP contribution < -0.4 is 0 Å². The van der Waals surface area contributed by atoms with Crippen LogP contribution in [0.2, 0.25) is 0 Å². The topological polar surface area (TPSA) is 34.1 Å². The normalized spacial score (nSPS) is 14.3. The lowest BCUT2D eigenvalue weighted by Crippen LogP contribution is -2.37. The first-order chi connectivity index (χ1) is 12.6. The molecule has 0 aliphatic rings. The molecular weight excluding hydrogens is 393 g/mol. The highest BCUT2D eigenvalue weighted by atomic mass is 33.2. The molecule has 27 heavy (non-hydrogen) atoms. The fourth-order valence-electron chi connectivity index (χ4n) is 3.48. The molecule has 0 amide bonds. The Bertz CT molecular complexity index is 933. The van der Waals surface area contributed by atoms with E-state index in [1.54, 1.807) is 54.6 Å². The predicted molar refractivity (Wildman–Crippen MR) is 104 cm³/mol. The molecule has 0 aliphatic heterocycles. The van der Waals surface area contributed by atoms with Gasteiger partial charge >= 0.3 is 5.51 Å². The SMILES string of the molecule is C[SH](c1ccccc1)(c1ccccc1)(c1ccccc1)S(=O)(=O)C(F)(F)F. The molecule has 0 heterocycles. The minimum atomic E-state index is -5.63. The van der Waals surface area contributed by atoms with Crippen molar-refractivity contribution < 1.29 is 21.6 Å². The lowest BCUT2D eigenvalue weighted by molar-refractivity contribution is -0.0412. The minimum absolute atomic E-state index is 0.151. The van der Waals surface area contributed by atoms with E-state index in [2.05, 4.69) is 0 Å². The smallest absolute Gasteiger partial charge is 0.210 e. The molecule has 0 aromatic heterocycles. The van der Waals surface area contributed by atoms with Crippen molar-refractivity contribution in [3.63, 3.8) is 0 Å². The fourth-order valence-corrected chi connectivity index (χ4v) is 13.5. The van der Waals surface area contributed by atoms with Gasteiger partial charge in [0, 0.05) is 0 Å². The summed E-state index contributed by atoms with van der Waals surface area (Å²) >= 11 is 0. The summed E-state index contributed by atoms with van der Waals surface area (Å²) in [4.78, 5) is 0.453. The first kappa shape index (κ1) is 19.5. The molecule has 144 valence electrons. The number of thiol groups is 1. The predicted octanol–water partition coefficient (Wildman–Crippen LogP) is 5.72. The van der Waals surface area contributed by atoms with E-state index < -0.39 is 22.6 Å². The first-order valence-corrected chi connectivity index (χ1v) is 12.9. The van der Waals surface area contributed by atoms with Crippen LogP contribution in [-0.2, 0) is 8.87 Å². The van der Waals surface area contributed by atoms with Crippen molar-refractivity contribution >= 4 is 17.1 Å². The maximum absolute atomic E-state index is 14.1. The number of halogens is 3. The highest BCUT2D eigenvalue weighted by Gasteiger charge is 2.64. The highest BCUT2D eigenvalue weighted by molar-refractivity contribution is 9.00. The van der Waals surface area contributed by atoms with Crippen LogP contribution >= 0.6 is 8.19 Å². The molecular formula is C20H19F3O2S2. The van der Waals surface area contributed by atoms with Crippen LogP contribution in [-0.4, -0.2) is 20.2 Å². The molecule has 3 aromatic rings. The summed E-state index contributed by atoms with van der Waals surface area (Å²) in [5.74, 6) is 0.